The summed E-state index contributed by atoms with van der Waals surface area (Å²) in [5, 5.41) is 12.3. The van der Waals surface area contributed by atoms with E-state index in [1.165, 1.54) is 0 Å². The summed E-state index contributed by atoms with van der Waals surface area (Å²) in [7, 11) is 0. The zero-order valence-corrected chi connectivity index (χ0v) is 11.8. The minimum atomic E-state index is -0.408. The highest BCUT2D eigenvalue weighted by atomic mass is 16.5. The van der Waals surface area contributed by atoms with Crippen molar-refractivity contribution in [3.05, 3.63) is 23.9 Å². The number of nitrogens with one attached hydrogen (secondary N) is 1. The van der Waals surface area contributed by atoms with Crippen LogP contribution in [0.3, 0.4) is 0 Å². The molecule has 6 nitrogen and oxygen atoms in total. The van der Waals surface area contributed by atoms with Gasteiger partial charge in [0.1, 0.15) is 6.10 Å². The average molecular weight is 292 g/mol. The fourth-order valence-corrected chi connectivity index (χ4v) is 2.31. The number of nitrogens with zero attached hydrogens (tertiary/aromatic N) is 1. The van der Waals surface area contributed by atoms with E-state index in [9.17, 15) is 9.90 Å². The van der Waals surface area contributed by atoms with E-state index < -0.39 is 6.04 Å². The van der Waals surface area contributed by atoms with Gasteiger partial charge >= 0.3 is 0 Å². The third-order valence-electron chi connectivity index (χ3n) is 3.78. The molecule has 0 aromatic carbocycles. The van der Waals surface area contributed by atoms with Gasteiger partial charge in [-0.1, -0.05) is 0 Å². The van der Waals surface area contributed by atoms with Crippen LogP contribution in [-0.4, -0.2) is 41.9 Å². The van der Waals surface area contributed by atoms with Gasteiger partial charge < -0.3 is 19.9 Å². The number of aliphatic hydroxyl groups is 1. The van der Waals surface area contributed by atoms with Crippen molar-refractivity contribution in [1.82, 2.24) is 10.3 Å². The van der Waals surface area contributed by atoms with Crippen LogP contribution >= 0.6 is 0 Å². The molecule has 1 amide bonds. The minimum Gasteiger partial charge on any atom is -0.472 e. The van der Waals surface area contributed by atoms with Crippen LogP contribution in [-0.2, 0) is 9.53 Å². The minimum absolute atomic E-state index is 0.0116. The first-order chi connectivity index (χ1) is 10.3. The van der Waals surface area contributed by atoms with E-state index in [-0.39, 0.29) is 24.5 Å². The topological polar surface area (TPSA) is 80.7 Å². The van der Waals surface area contributed by atoms with Gasteiger partial charge in [0.25, 0.3) is 0 Å². The molecule has 114 valence electrons. The lowest BCUT2D eigenvalue weighted by Gasteiger charge is -2.17. The highest BCUT2D eigenvalue weighted by molar-refractivity contribution is 5.81. The summed E-state index contributed by atoms with van der Waals surface area (Å²) in [4.78, 5) is 16.0. The van der Waals surface area contributed by atoms with Crippen LogP contribution in [0, 0.1) is 5.92 Å². The van der Waals surface area contributed by atoms with Gasteiger partial charge in [-0.05, 0) is 24.5 Å². The molecule has 2 aliphatic rings. The Bertz CT molecular complexity index is 481. The highest BCUT2D eigenvalue weighted by Crippen LogP contribution is 2.29. The zero-order valence-electron chi connectivity index (χ0n) is 11.8. The lowest BCUT2D eigenvalue weighted by atomic mass is 10.1. The molecule has 1 aromatic rings. The van der Waals surface area contributed by atoms with Crippen molar-refractivity contribution < 1.29 is 19.4 Å². The van der Waals surface area contributed by atoms with E-state index in [1.54, 1.807) is 12.3 Å². The van der Waals surface area contributed by atoms with Crippen LogP contribution in [0.4, 0.5) is 0 Å². The molecular formula is C15H20N2O4. The van der Waals surface area contributed by atoms with Gasteiger partial charge in [0, 0.05) is 24.6 Å². The summed E-state index contributed by atoms with van der Waals surface area (Å²) in [6.07, 6.45) is 4.46. The van der Waals surface area contributed by atoms with Crippen molar-refractivity contribution >= 4 is 5.91 Å². The van der Waals surface area contributed by atoms with Crippen LogP contribution in [0.15, 0.2) is 18.3 Å². The van der Waals surface area contributed by atoms with Gasteiger partial charge in [-0.2, -0.15) is 0 Å². The Morgan fingerprint density at radius 1 is 1.48 bits per heavy atom. The monoisotopic (exact) mass is 292 g/mol. The molecule has 1 aliphatic carbocycles. The molecule has 3 rings (SSSR count). The fraction of sp³-hybridized carbons (Fsp3) is 0.600. The average Bonchev–Trinajstić information content (AvgIpc) is 3.24. The first-order valence-electron chi connectivity index (χ1n) is 7.38. The maximum atomic E-state index is 11.8. The van der Waals surface area contributed by atoms with Crippen LogP contribution < -0.4 is 10.1 Å². The largest absolute Gasteiger partial charge is 0.472 e. The number of rotatable bonds is 6. The zero-order chi connectivity index (χ0) is 14.7. The molecule has 0 radical (unpaired) electrons. The number of hydrogen-bond acceptors (Lipinski definition) is 5. The van der Waals surface area contributed by atoms with E-state index >= 15 is 0 Å². The predicted molar refractivity (Wildman–Crippen MR) is 74.8 cm³/mol. The fourth-order valence-electron chi connectivity index (χ4n) is 2.31. The highest BCUT2D eigenvalue weighted by Gasteiger charge is 2.31. The second-order valence-corrected chi connectivity index (χ2v) is 5.55. The summed E-state index contributed by atoms with van der Waals surface area (Å²) in [5.41, 5.74) is 0.779. The lowest BCUT2D eigenvalue weighted by molar-refractivity contribution is -0.123. The molecule has 1 aromatic heterocycles. The molecule has 2 unspecified atom stereocenters. The molecule has 2 fully saturated rings. The maximum Gasteiger partial charge on any atom is 0.223 e. The number of pyridine rings is 1. The number of carbonyl (C=O) groups excluding carboxylic acids is 1. The number of amides is 1. The van der Waals surface area contributed by atoms with E-state index in [1.807, 2.05) is 6.07 Å². The summed E-state index contributed by atoms with van der Waals surface area (Å²) in [6, 6.07) is 3.18. The predicted octanol–water partition coefficient (Wildman–Crippen LogP) is 0.809. The Morgan fingerprint density at radius 2 is 2.33 bits per heavy atom. The molecule has 1 aliphatic heterocycles. The lowest BCUT2D eigenvalue weighted by Crippen LogP contribution is -2.31. The third-order valence-corrected chi connectivity index (χ3v) is 3.78. The Kier molecular flexibility index (Phi) is 4.36. The van der Waals surface area contributed by atoms with Gasteiger partial charge in [-0.3, -0.25) is 4.79 Å². The van der Waals surface area contributed by atoms with Crippen molar-refractivity contribution in [1.29, 1.82) is 0 Å². The Morgan fingerprint density at radius 3 is 2.90 bits per heavy atom. The van der Waals surface area contributed by atoms with E-state index in [4.69, 9.17) is 9.47 Å². The standard InChI is InChI=1S/C15H20N2O4/c18-8-13(17-15(19)10-1-2-10)11-3-4-14(16-7-11)21-12-5-6-20-9-12/h3-4,7,10,12-13,18H,1-2,5-6,8-9H2,(H,17,19). The molecule has 1 saturated heterocycles. The van der Waals surface area contributed by atoms with Gasteiger partial charge in [0.05, 0.1) is 25.9 Å². The molecule has 1 saturated carbocycles. The first kappa shape index (κ1) is 14.3. The summed E-state index contributed by atoms with van der Waals surface area (Å²) < 4.78 is 10.9. The molecule has 0 bridgehead atoms. The van der Waals surface area contributed by atoms with E-state index in [0.29, 0.717) is 12.5 Å². The molecule has 21 heavy (non-hydrogen) atoms. The van der Waals surface area contributed by atoms with Gasteiger partial charge in [-0.15, -0.1) is 0 Å². The van der Waals surface area contributed by atoms with Gasteiger partial charge in [0.2, 0.25) is 11.8 Å². The SMILES string of the molecule is O=C(NC(CO)c1ccc(OC2CCOC2)nc1)C1CC1. The molecule has 2 atom stereocenters. The first-order valence-corrected chi connectivity index (χ1v) is 7.38. The van der Waals surface area contributed by atoms with E-state index in [2.05, 4.69) is 10.3 Å². The normalized spacial score (nSPS) is 22.8. The van der Waals surface area contributed by atoms with Crippen molar-refractivity contribution in [2.24, 2.45) is 5.92 Å². The quantitative estimate of drug-likeness (QED) is 0.811. The van der Waals surface area contributed by atoms with Crippen LogP contribution in [0.2, 0.25) is 0 Å². The Labute approximate surface area is 123 Å². The van der Waals surface area contributed by atoms with Crippen molar-refractivity contribution in [2.75, 3.05) is 19.8 Å². The molecule has 0 spiro atoms. The molecule has 2 N–H and O–H groups in total. The Balaban J connectivity index is 1.59. The molecular weight excluding hydrogens is 272 g/mol. The second kappa shape index (κ2) is 6.41. The number of aliphatic hydroxyl groups excluding tert-OH is 1. The number of aromatic nitrogens is 1. The smallest absolute Gasteiger partial charge is 0.223 e. The summed E-state index contributed by atoms with van der Waals surface area (Å²) in [6.45, 7) is 1.18. The Hall–Kier alpha value is -1.66. The number of ether oxygens (including phenoxy) is 2. The maximum absolute atomic E-state index is 11.8. The van der Waals surface area contributed by atoms with E-state index in [0.717, 1.165) is 31.4 Å². The van der Waals surface area contributed by atoms with Gasteiger partial charge in [-0.25, -0.2) is 4.98 Å². The number of hydrogen-bond donors (Lipinski definition) is 2. The summed E-state index contributed by atoms with van der Waals surface area (Å²) >= 11 is 0. The second-order valence-electron chi connectivity index (χ2n) is 5.55. The van der Waals surface area contributed by atoms with Crippen molar-refractivity contribution in [3.63, 3.8) is 0 Å². The molecule has 2 heterocycles. The van der Waals surface area contributed by atoms with Crippen LogP contribution in [0.1, 0.15) is 30.9 Å². The number of carbonyl (C=O) groups is 1. The van der Waals surface area contributed by atoms with Gasteiger partial charge in [0.15, 0.2) is 0 Å². The van der Waals surface area contributed by atoms with Crippen LogP contribution in [0.5, 0.6) is 5.88 Å². The van der Waals surface area contributed by atoms with Crippen LogP contribution in [0.25, 0.3) is 0 Å². The van der Waals surface area contributed by atoms with Crippen molar-refractivity contribution in [2.45, 2.75) is 31.4 Å². The molecule has 6 heteroatoms. The third kappa shape index (κ3) is 3.71. The summed E-state index contributed by atoms with van der Waals surface area (Å²) in [5.74, 6) is 0.675. The van der Waals surface area contributed by atoms with Crippen molar-refractivity contribution in [3.8, 4) is 5.88 Å².